The molecule has 4 rings (SSSR count). The third-order valence-electron chi connectivity index (χ3n) is 6.09. The van der Waals surface area contributed by atoms with Crippen molar-refractivity contribution in [2.45, 2.75) is 39.0 Å². The zero-order valence-electron chi connectivity index (χ0n) is 10.9. The first-order valence-corrected chi connectivity index (χ1v) is 6.81. The molecule has 2 bridgehead atoms. The van der Waals surface area contributed by atoms with Crippen molar-refractivity contribution in [2.75, 3.05) is 6.61 Å². The van der Waals surface area contributed by atoms with Gasteiger partial charge in [-0.05, 0) is 30.2 Å². The van der Waals surface area contributed by atoms with Crippen LogP contribution in [0.25, 0.3) is 0 Å². The molecule has 1 aliphatic heterocycles. The standard InChI is InChI=1S/C15H18O3/c1-9-3-5-14(2)12-10-4-6-17-11(10)7-15(9,14)8-18-13(12)16/h4,6,9,12H,3,5,7-8H2,1-2H3/t9-,12-,14+,15-/m1/s1. The summed E-state index contributed by atoms with van der Waals surface area (Å²) in [6.07, 6.45) is 4.96. The molecule has 0 unspecified atom stereocenters. The number of carbonyl (C=O) groups excluding carboxylic acids is 1. The Bertz CT molecular complexity index is 532. The molecule has 0 N–H and O–H groups in total. The van der Waals surface area contributed by atoms with Crippen molar-refractivity contribution in [2.24, 2.45) is 16.7 Å². The molecule has 96 valence electrons. The van der Waals surface area contributed by atoms with E-state index in [-0.39, 0.29) is 22.7 Å². The number of rotatable bonds is 0. The van der Waals surface area contributed by atoms with E-state index in [4.69, 9.17) is 9.15 Å². The second kappa shape index (κ2) is 3.01. The molecule has 3 heteroatoms. The highest BCUT2D eigenvalue weighted by molar-refractivity contribution is 5.81. The minimum Gasteiger partial charge on any atom is -0.469 e. The molecule has 2 fully saturated rings. The van der Waals surface area contributed by atoms with E-state index in [1.165, 1.54) is 6.42 Å². The fourth-order valence-corrected chi connectivity index (χ4v) is 4.82. The number of esters is 1. The van der Waals surface area contributed by atoms with Crippen LogP contribution in [0.3, 0.4) is 0 Å². The lowest BCUT2D eigenvalue weighted by Gasteiger charge is -2.55. The molecular formula is C15H18O3. The summed E-state index contributed by atoms with van der Waals surface area (Å²) >= 11 is 0. The van der Waals surface area contributed by atoms with Crippen molar-refractivity contribution in [3.05, 3.63) is 23.7 Å². The highest BCUT2D eigenvalue weighted by atomic mass is 16.5. The van der Waals surface area contributed by atoms with Crippen LogP contribution in [-0.2, 0) is 16.0 Å². The third kappa shape index (κ3) is 0.930. The van der Waals surface area contributed by atoms with Crippen molar-refractivity contribution >= 4 is 5.97 Å². The first-order valence-electron chi connectivity index (χ1n) is 6.81. The van der Waals surface area contributed by atoms with Gasteiger partial charge in [0.05, 0.1) is 18.8 Å². The van der Waals surface area contributed by atoms with E-state index >= 15 is 0 Å². The fraction of sp³-hybridized carbons (Fsp3) is 0.667. The Morgan fingerprint density at radius 3 is 3.11 bits per heavy atom. The van der Waals surface area contributed by atoms with Crippen LogP contribution >= 0.6 is 0 Å². The van der Waals surface area contributed by atoms with Crippen molar-refractivity contribution in [1.82, 2.24) is 0 Å². The smallest absolute Gasteiger partial charge is 0.314 e. The highest BCUT2D eigenvalue weighted by Gasteiger charge is 2.67. The molecule has 1 aromatic heterocycles. The summed E-state index contributed by atoms with van der Waals surface area (Å²) in [5, 5.41) is 0. The predicted octanol–water partition coefficient (Wildman–Crippen LogP) is 2.90. The molecule has 2 aliphatic carbocycles. The number of hydrogen-bond acceptors (Lipinski definition) is 3. The molecule has 18 heavy (non-hydrogen) atoms. The minimum atomic E-state index is -0.112. The van der Waals surface area contributed by atoms with Crippen molar-refractivity contribution in [1.29, 1.82) is 0 Å². The zero-order valence-corrected chi connectivity index (χ0v) is 10.9. The van der Waals surface area contributed by atoms with E-state index in [1.54, 1.807) is 6.26 Å². The first-order chi connectivity index (χ1) is 8.58. The lowest BCUT2D eigenvalue weighted by Crippen LogP contribution is -2.56. The van der Waals surface area contributed by atoms with E-state index in [2.05, 4.69) is 13.8 Å². The molecule has 1 saturated carbocycles. The molecule has 1 aromatic rings. The van der Waals surface area contributed by atoms with Crippen LogP contribution in [-0.4, -0.2) is 12.6 Å². The second-order valence-electron chi connectivity index (χ2n) is 6.53. The van der Waals surface area contributed by atoms with Crippen LogP contribution in [0.1, 0.15) is 43.9 Å². The van der Waals surface area contributed by atoms with Gasteiger partial charge in [-0.15, -0.1) is 0 Å². The summed E-state index contributed by atoms with van der Waals surface area (Å²) in [4.78, 5) is 12.3. The maximum absolute atomic E-state index is 12.3. The predicted molar refractivity (Wildman–Crippen MR) is 65.1 cm³/mol. The van der Waals surface area contributed by atoms with E-state index < -0.39 is 0 Å². The topological polar surface area (TPSA) is 39.4 Å². The molecule has 0 spiro atoms. The lowest BCUT2D eigenvalue weighted by molar-refractivity contribution is -0.178. The number of ether oxygens (including phenoxy) is 1. The summed E-state index contributed by atoms with van der Waals surface area (Å²) in [5.74, 6) is 1.45. The third-order valence-corrected chi connectivity index (χ3v) is 6.09. The average Bonchev–Trinajstić information content (AvgIpc) is 2.86. The normalized spacial score (nSPS) is 45.3. The molecule has 2 heterocycles. The molecular weight excluding hydrogens is 228 g/mol. The maximum Gasteiger partial charge on any atom is 0.314 e. The molecule has 0 aromatic carbocycles. The summed E-state index contributed by atoms with van der Waals surface area (Å²) in [6.45, 7) is 5.16. The fourth-order valence-electron chi connectivity index (χ4n) is 4.82. The number of cyclic esters (lactones) is 1. The monoisotopic (exact) mass is 246 g/mol. The Morgan fingerprint density at radius 2 is 2.28 bits per heavy atom. The average molecular weight is 246 g/mol. The van der Waals surface area contributed by atoms with E-state index in [0.717, 1.165) is 24.2 Å². The Labute approximate surface area is 106 Å². The van der Waals surface area contributed by atoms with Gasteiger partial charge in [-0.1, -0.05) is 13.8 Å². The molecule has 0 amide bonds. The second-order valence-corrected chi connectivity index (χ2v) is 6.53. The minimum absolute atomic E-state index is 0.0513. The van der Waals surface area contributed by atoms with Gasteiger partial charge in [-0.25, -0.2) is 0 Å². The Morgan fingerprint density at radius 1 is 1.44 bits per heavy atom. The number of hydrogen-bond donors (Lipinski definition) is 0. The molecule has 4 atom stereocenters. The number of fused-ring (bicyclic) bond motifs is 2. The van der Waals surface area contributed by atoms with Gasteiger partial charge >= 0.3 is 5.97 Å². The van der Waals surface area contributed by atoms with Crippen molar-refractivity contribution in [3.8, 4) is 0 Å². The quantitative estimate of drug-likeness (QED) is 0.661. The van der Waals surface area contributed by atoms with E-state index in [9.17, 15) is 4.79 Å². The van der Waals surface area contributed by atoms with Crippen LogP contribution in [0.5, 0.6) is 0 Å². The van der Waals surface area contributed by atoms with E-state index in [1.807, 2.05) is 6.07 Å². The Kier molecular flexibility index (Phi) is 1.78. The van der Waals surface area contributed by atoms with Gasteiger partial charge in [0.25, 0.3) is 0 Å². The summed E-state index contributed by atoms with van der Waals surface area (Å²) < 4.78 is 11.2. The van der Waals surface area contributed by atoms with Gasteiger partial charge in [0.2, 0.25) is 0 Å². The number of carbonyl (C=O) groups is 1. The van der Waals surface area contributed by atoms with Crippen molar-refractivity contribution < 1.29 is 13.9 Å². The van der Waals surface area contributed by atoms with Crippen LogP contribution in [0.15, 0.2) is 16.7 Å². The van der Waals surface area contributed by atoms with Crippen molar-refractivity contribution in [3.63, 3.8) is 0 Å². The van der Waals surface area contributed by atoms with Crippen LogP contribution in [0.4, 0.5) is 0 Å². The van der Waals surface area contributed by atoms with Gasteiger partial charge in [-0.3, -0.25) is 4.79 Å². The Hall–Kier alpha value is -1.25. The molecule has 0 radical (unpaired) electrons. The zero-order chi connectivity index (χ0) is 12.5. The Balaban J connectivity index is 1.99. The van der Waals surface area contributed by atoms with Gasteiger partial charge in [0.1, 0.15) is 5.76 Å². The van der Waals surface area contributed by atoms with Gasteiger partial charge < -0.3 is 9.15 Å². The maximum atomic E-state index is 12.3. The largest absolute Gasteiger partial charge is 0.469 e. The van der Waals surface area contributed by atoms with Gasteiger partial charge in [0.15, 0.2) is 0 Å². The lowest BCUT2D eigenvalue weighted by atomic mass is 9.51. The van der Waals surface area contributed by atoms with Crippen LogP contribution in [0, 0.1) is 16.7 Å². The molecule has 3 nitrogen and oxygen atoms in total. The summed E-state index contributed by atoms with van der Waals surface area (Å²) in [7, 11) is 0. The molecule has 3 aliphatic rings. The number of furan rings is 1. The molecule has 1 saturated heterocycles. The summed E-state index contributed by atoms with van der Waals surface area (Å²) in [6, 6.07) is 1.96. The van der Waals surface area contributed by atoms with Gasteiger partial charge in [0, 0.05) is 17.4 Å². The highest BCUT2D eigenvalue weighted by Crippen LogP contribution is 2.68. The van der Waals surface area contributed by atoms with E-state index in [0.29, 0.717) is 12.5 Å². The summed E-state index contributed by atoms with van der Waals surface area (Å²) in [5.41, 5.74) is 1.22. The SMILES string of the molecule is C[C@@H]1CC[C@@]2(C)[C@H]3C(=O)OC[C@]12Cc1occc13. The first kappa shape index (κ1) is 10.7. The van der Waals surface area contributed by atoms with Crippen LogP contribution in [0.2, 0.25) is 0 Å². The van der Waals surface area contributed by atoms with Crippen LogP contribution < -0.4 is 0 Å². The van der Waals surface area contributed by atoms with Gasteiger partial charge in [-0.2, -0.15) is 0 Å².